The number of hydrogen-bond donors (Lipinski definition) is 0. The summed E-state index contributed by atoms with van der Waals surface area (Å²) < 4.78 is 69.3. The van der Waals surface area contributed by atoms with Gasteiger partial charge in [0.05, 0.1) is 11.0 Å². The maximum absolute atomic E-state index is 13.3. The molecule has 0 aliphatic rings. The molecule has 27 heavy (non-hydrogen) atoms. The maximum atomic E-state index is 13.3. The van der Waals surface area contributed by atoms with Crippen molar-refractivity contribution in [3.8, 4) is 17.8 Å². The van der Waals surface area contributed by atoms with Crippen LogP contribution in [0.15, 0.2) is 23.2 Å². The second kappa shape index (κ2) is 7.56. The topological polar surface area (TPSA) is 97.9 Å². The minimum atomic E-state index is -4.87. The van der Waals surface area contributed by atoms with Gasteiger partial charge in [0, 0.05) is 12.5 Å². The van der Waals surface area contributed by atoms with E-state index < -0.39 is 33.4 Å². The molecule has 0 unspecified atom stereocenters. The molecular formula is C16H17F3N4O3S. The molecule has 7 nitrogen and oxygen atoms in total. The number of hydrogen-bond acceptors (Lipinski definition) is 6. The molecular weight excluding hydrogens is 385 g/mol. The summed E-state index contributed by atoms with van der Waals surface area (Å²) in [7, 11) is -3.53. The van der Waals surface area contributed by atoms with Crippen molar-refractivity contribution in [1.29, 1.82) is 5.26 Å². The Morgan fingerprint density at radius 3 is 2.33 bits per heavy atom. The van der Waals surface area contributed by atoms with Crippen LogP contribution in [0.2, 0.25) is 0 Å². The van der Waals surface area contributed by atoms with Crippen LogP contribution in [-0.2, 0) is 16.0 Å². The minimum Gasteiger partial charge on any atom is -0.473 e. The fraction of sp³-hybridized carbons (Fsp3) is 0.438. The van der Waals surface area contributed by atoms with Crippen LogP contribution in [0.3, 0.4) is 0 Å². The molecule has 2 heterocycles. The van der Waals surface area contributed by atoms with Crippen molar-refractivity contribution >= 4 is 9.84 Å². The lowest BCUT2D eigenvalue weighted by Crippen LogP contribution is -2.17. The molecule has 11 heteroatoms. The number of ether oxygens (including phenoxy) is 1. The van der Waals surface area contributed by atoms with Crippen molar-refractivity contribution in [2.24, 2.45) is 0 Å². The van der Waals surface area contributed by atoms with E-state index in [1.807, 2.05) is 0 Å². The molecule has 146 valence electrons. The predicted molar refractivity (Wildman–Crippen MR) is 89.2 cm³/mol. The molecule has 0 amide bonds. The second-order valence-corrected chi connectivity index (χ2v) is 7.75. The van der Waals surface area contributed by atoms with Gasteiger partial charge < -0.3 is 4.74 Å². The summed E-state index contributed by atoms with van der Waals surface area (Å²) in [5.74, 6) is -0.478. The van der Waals surface area contributed by atoms with E-state index in [1.165, 1.54) is 18.2 Å². The average molecular weight is 402 g/mol. The van der Waals surface area contributed by atoms with Crippen molar-refractivity contribution in [1.82, 2.24) is 14.8 Å². The van der Waals surface area contributed by atoms with Crippen LogP contribution in [0.5, 0.6) is 5.88 Å². The lowest BCUT2D eigenvalue weighted by Gasteiger charge is -2.16. The van der Waals surface area contributed by atoms with Crippen LogP contribution in [0.1, 0.15) is 37.9 Å². The molecule has 0 spiro atoms. The summed E-state index contributed by atoms with van der Waals surface area (Å²) in [6.45, 7) is 3.59. The average Bonchev–Trinajstić information content (AvgIpc) is 2.97. The van der Waals surface area contributed by atoms with Crippen LogP contribution in [-0.4, -0.2) is 35.5 Å². The van der Waals surface area contributed by atoms with Gasteiger partial charge in [-0.2, -0.15) is 28.2 Å². The summed E-state index contributed by atoms with van der Waals surface area (Å²) in [6, 6.07) is 3.89. The first-order chi connectivity index (χ1) is 12.5. The Hall–Kier alpha value is -2.61. The Kier molecular flexibility index (Phi) is 5.79. The van der Waals surface area contributed by atoms with E-state index >= 15 is 0 Å². The van der Waals surface area contributed by atoms with Gasteiger partial charge in [-0.3, -0.25) is 0 Å². The summed E-state index contributed by atoms with van der Waals surface area (Å²) >= 11 is 0. The van der Waals surface area contributed by atoms with Gasteiger partial charge >= 0.3 is 6.18 Å². The molecule has 0 saturated carbocycles. The number of nitrogens with zero attached hydrogens (tertiary/aromatic N) is 4. The minimum absolute atomic E-state index is 0.0996. The normalized spacial score (nSPS) is 12.2. The van der Waals surface area contributed by atoms with Crippen molar-refractivity contribution in [2.45, 2.75) is 43.9 Å². The van der Waals surface area contributed by atoms with Gasteiger partial charge in [-0.05, 0) is 25.0 Å². The zero-order valence-electron chi connectivity index (χ0n) is 14.8. The lowest BCUT2D eigenvalue weighted by molar-refractivity contribution is -0.141. The third-order valence-electron chi connectivity index (χ3n) is 3.78. The predicted octanol–water partition coefficient (Wildman–Crippen LogP) is 3.13. The van der Waals surface area contributed by atoms with Gasteiger partial charge in [0.2, 0.25) is 5.88 Å². The van der Waals surface area contributed by atoms with Crippen LogP contribution < -0.4 is 4.74 Å². The number of aromatic nitrogens is 3. The molecule has 2 rings (SSSR count). The number of pyridine rings is 1. The lowest BCUT2D eigenvalue weighted by atomic mass is 10.2. The third-order valence-corrected chi connectivity index (χ3v) is 4.88. The van der Waals surface area contributed by atoms with E-state index in [9.17, 15) is 26.9 Å². The van der Waals surface area contributed by atoms with Gasteiger partial charge in [0.1, 0.15) is 11.6 Å². The van der Waals surface area contributed by atoms with Crippen molar-refractivity contribution in [2.75, 3.05) is 6.26 Å². The SMILES string of the molecule is CCC(CC)Oc1c(C#N)c(C(F)(F)F)nn1-c1ccc(S(C)(=O)=O)cn1. The van der Waals surface area contributed by atoms with E-state index in [1.54, 1.807) is 13.8 Å². The largest absolute Gasteiger partial charge is 0.473 e. The Labute approximate surface area is 154 Å². The van der Waals surface area contributed by atoms with Crippen LogP contribution in [0, 0.1) is 11.3 Å². The summed E-state index contributed by atoms with van der Waals surface area (Å²) in [6.07, 6.45) is -2.29. The highest BCUT2D eigenvalue weighted by atomic mass is 32.2. The smallest absolute Gasteiger partial charge is 0.436 e. The first-order valence-electron chi connectivity index (χ1n) is 7.96. The first kappa shape index (κ1) is 20.7. The van der Waals surface area contributed by atoms with E-state index in [4.69, 9.17) is 4.74 Å². The van der Waals surface area contributed by atoms with E-state index in [0.717, 1.165) is 17.1 Å². The zero-order valence-corrected chi connectivity index (χ0v) is 15.6. The van der Waals surface area contributed by atoms with Gasteiger partial charge in [-0.15, -0.1) is 0 Å². The highest BCUT2D eigenvalue weighted by Gasteiger charge is 2.41. The number of rotatable bonds is 6. The van der Waals surface area contributed by atoms with E-state index in [0.29, 0.717) is 12.8 Å². The molecule has 0 fully saturated rings. The Bertz CT molecular complexity index is 957. The number of sulfone groups is 1. The molecule has 0 aliphatic heterocycles. The van der Waals surface area contributed by atoms with Gasteiger partial charge in [-0.25, -0.2) is 13.4 Å². The fourth-order valence-electron chi connectivity index (χ4n) is 2.30. The summed E-state index contributed by atoms with van der Waals surface area (Å²) in [5, 5.41) is 12.7. The first-order valence-corrected chi connectivity index (χ1v) is 9.85. The van der Waals surface area contributed by atoms with Gasteiger partial charge in [0.15, 0.2) is 21.3 Å². The van der Waals surface area contributed by atoms with Gasteiger partial charge in [0.25, 0.3) is 0 Å². The zero-order chi connectivity index (χ0) is 20.4. The number of nitriles is 1. The summed E-state index contributed by atoms with van der Waals surface area (Å²) in [4.78, 5) is 3.77. The molecule has 2 aromatic rings. The molecule has 0 radical (unpaired) electrons. The molecule has 0 bridgehead atoms. The van der Waals surface area contributed by atoms with Crippen molar-refractivity contribution in [3.63, 3.8) is 0 Å². The molecule has 2 aromatic heterocycles. The third kappa shape index (κ3) is 4.39. The Morgan fingerprint density at radius 2 is 1.93 bits per heavy atom. The number of halogens is 3. The molecule has 0 aliphatic carbocycles. The van der Waals surface area contributed by atoms with E-state index in [-0.39, 0.29) is 16.6 Å². The standard InChI is InChI=1S/C16H17F3N4O3S/c1-4-10(5-2)26-15-12(8-20)14(16(17,18)19)22-23(15)13-7-6-11(9-21-13)27(3,24)25/h6-7,9-10H,4-5H2,1-3H3. The highest BCUT2D eigenvalue weighted by Crippen LogP contribution is 2.37. The monoisotopic (exact) mass is 402 g/mol. The highest BCUT2D eigenvalue weighted by molar-refractivity contribution is 7.90. The Balaban J connectivity index is 2.67. The Morgan fingerprint density at radius 1 is 1.30 bits per heavy atom. The second-order valence-electron chi connectivity index (χ2n) is 5.73. The fourth-order valence-corrected chi connectivity index (χ4v) is 2.86. The molecule has 0 aromatic carbocycles. The number of alkyl halides is 3. The molecule has 0 saturated heterocycles. The van der Waals surface area contributed by atoms with Crippen LogP contribution in [0.25, 0.3) is 5.82 Å². The maximum Gasteiger partial charge on any atom is 0.436 e. The quantitative estimate of drug-likeness (QED) is 0.736. The molecule has 0 atom stereocenters. The van der Waals surface area contributed by atoms with E-state index in [2.05, 4.69) is 10.1 Å². The molecule has 0 N–H and O–H groups in total. The van der Waals surface area contributed by atoms with Crippen LogP contribution >= 0.6 is 0 Å². The summed E-state index contributed by atoms with van der Waals surface area (Å²) in [5.41, 5.74) is -2.14. The van der Waals surface area contributed by atoms with Crippen molar-refractivity contribution < 1.29 is 26.3 Å². The van der Waals surface area contributed by atoms with Gasteiger partial charge in [-0.1, -0.05) is 13.8 Å². The van der Waals surface area contributed by atoms with Crippen LogP contribution in [0.4, 0.5) is 13.2 Å². The van der Waals surface area contributed by atoms with Crippen molar-refractivity contribution in [3.05, 3.63) is 29.6 Å².